The van der Waals surface area contributed by atoms with Gasteiger partial charge in [-0.25, -0.2) is 13.5 Å². The van der Waals surface area contributed by atoms with Gasteiger partial charge in [-0.1, -0.05) is 23.7 Å². The fourth-order valence-corrected chi connectivity index (χ4v) is 2.60. The highest BCUT2D eigenvalue weighted by Crippen LogP contribution is 2.18. The van der Waals surface area contributed by atoms with Gasteiger partial charge in [-0.2, -0.15) is 5.10 Å². The first-order chi connectivity index (χ1) is 13.9. The summed E-state index contributed by atoms with van der Waals surface area (Å²) in [6.07, 6.45) is 0. The fourth-order valence-electron chi connectivity index (χ4n) is 2.47. The number of hydrogen-bond acceptors (Lipinski definition) is 4. The Hall–Kier alpha value is -3.26. The summed E-state index contributed by atoms with van der Waals surface area (Å²) < 4.78 is 32.6. The molecule has 3 rings (SSSR count). The van der Waals surface area contributed by atoms with Crippen molar-refractivity contribution in [2.45, 2.75) is 6.54 Å². The van der Waals surface area contributed by atoms with Crippen LogP contribution in [0, 0.1) is 11.6 Å². The average molecular weight is 420 g/mol. The van der Waals surface area contributed by atoms with Crippen molar-refractivity contribution in [3.63, 3.8) is 0 Å². The van der Waals surface area contributed by atoms with Crippen molar-refractivity contribution in [3.8, 4) is 17.0 Å². The van der Waals surface area contributed by atoms with Crippen LogP contribution in [0.5, 0.6) is 5.75 Å². The van der Waals surface area contributed by atoms with Gasteiger partial charge in [0.25, 0.3) is 11.5 Å². The lowest BCUT2D eigenvalue weighted by Crippen LogP contribution is -2.34. The predicted molar refractivity (Wildman–Crippen MR) is 104 cm³/mol. The smallest absolute Gasteiger partial charge is 0.266 e. The molecule has 0 unspecified atom stereocenters. The highest BCUT2D eigenvalue weighted by Gasteiger charge is 2.09. The van der Waals surface area contributed by atoms with Gasteiger partial charge in [0.05, 0.1) is 12.2 Å². The zero-order valence-corrected chi connectivity index (χ0v) is 15.8. The minimum atomic E-state index is -0.896. The van der Waals surface area contributed by atoms with Gasteiger partial charge >= 0.3 is 0 Å². The maximum Gasteiger partial charge on any atom is 0.266 e. The molecule has 0 spiro atoms. The zero-order valence-electron chi connectivity index (χ0n) is 15.1. The molecule has 29 heavy (non-hydrogen) atoms. The second kappa shape index (κ2) is 9.29. The fraction of sp³-hybridized carbons (Fsp3) is 0.150. The summed E-state index contributed by atoms with van der Waals surface area (Å²) in [7, 11) is 0. The molecule has 0 saturated heterocycles. The van der Waals surface area contributed by atoms with Crippen molar-refractivity contribution in [2.24, 2.45) is 0 Å². The van der Waals surface area contributed by atoms with Crippen LogP contribution in [0.1, 0.15) is 0 Å². The van der Waals surface area contributed by atoms with Crippen LogP contribution in [0.3, 0.4) is 0 Å². The molecule has 6 nitrogen and oxygen atoms in total. The number of nitrogens with zero attached hydrogens (tertiary/aromatic N) is 2. The van der Waals surface area contributed by atoms with E-state index in [9.17, 15) is 18.4 Å². The van der Waals surface area contributed by atoms with Crippen molar-refractivity contribution in [1.82, 2.24) is 15.1 Å². The van der Waals surface area contributed by atoms with Crippen molar-refractivity contribution < 1.29 is 18.3 Å². The van der Waals surface area contributed by atoms with Crippen LogP contribution in [0.4, 0.5) is 8.78 Å². The van der Waals surface area contributed by atoms with Gasteiger partial charge in [0.15, 0.2) is 18.2 Å². The Bertz CT molecular complexity index is 1070. The molecule has 0 aliphatic heterocycles. The molecule has 0 radical (unpaired) electrons. The van der Waals surface area contributed by atoms with Crippen LogP contribution in [-0.4, -0.2) is 28.8 Å². The van der Waals surface area contributed by atoms with E-state index in [-0.39, 0.29) is 24.4 Å². The van der Waals surface area contributed by atoms with Gasteiger partial charge in [-0.15, -0.1) is 0 Å². The number of halogens is 3. The minimum absolute atomic E-state index is 0.116. The topological polar surface area (TPSA) is 73.2 Å². The van der Waals surface area contributed by atoms with Crippen molar-refractivity contribution in [3.05, 3.63) is 81.6 Å². The van der Waals surface area contributed by atoms with Crippen molar-refractivity contribution in [2.75, 3.05) is 13.2 Å². The summed E-state index contributed by atoms with van der Waals surface area (Å²) in [6.45, 7) is -0.197. The molecular weight excluding hydrogens is 404 g/mol. The monoisotopic (exact) mass is 419 g/mol. The Balaban J connectivity index is 1.54. The van der Waals surface area contributed by atoms with E-state index in [0.29, 0.717) is 16.8 Å². The molecular formula is C20H16ClF2N3O3. The summed E-state index contributed by atoms with van der Waals surface area (Å²) in [5, 5.41) is 7.41. The predicted octanol–water partition coefficient (Wildman–Crippen LogP) is 3.04. The molecule has 2 aromatic carbocycles. The van der Waals surface area contributed by atoms with Crippen molar-refractivity contribution >= 4 is 17.5 Å². The quantitative estimate of drug-likeness (QED) is 0.639. The minimum Gasteiger partial charge on any atom is -0.481 e. The SMILES string of the molecule is O=C(COc1ccc(F)cc1F)NCCn1nc(-c2ccc(Cl)cc2)ccc1=O. The first kappa shape index (κ1) is 20.5. The Labute approximate surface area is 169 Å². The number of rotatable bonds is 7. The van der Waals surface area contributed by atoms with Crippen LogP contribution in [0.15, 0.2) is 59.4 Å². The van der Waals surface area contributed by atoms with E-state index in [1.807, 2.05) is 0 Å². The normalized spacial score (nSPS) is 10.6. The molecule has 1 amide bonds. The van der Waals surface area contributed by atoms with E-state index in [4.69, 9.17) is 16.3 Å². The number of ether oxygens (including phenoxy) is 1. The maximum atomic E-state index is 13.5. The second-order valence-corrected chi connectivity index (χ2v) is 6.44. The summed E-state index contributed by atoms with van der Waals surface area (Å²) in [4.78, 5) is 23.8. The van der Waals surface area contributed by atoms with E-state index >= 15 is 0 Å². The van der Waals surface area contributed by atoms with E-state index in [1.54, 1.807) is 30.3 Å². The molecule has 1 N–H and O–H groups in total. The third-order valence-electron chi connectivity index (χ3n) is 3.91. The van der Waals surface area contributed by atoms with Crippen LogP contribution < -0.4 is 15.6 Å². The first-order valence-corrected chi connectivity index (χ1v) is 8.99. The highest BCUT2D eigenvalue weighted by molar-refractivity contribution is 6.30. The number of aromatic nitrogens is 2. The standard InChI is InChI=1S/C20H16ClF2N3O3/c21-14-3-1-13(2-4-14)17-6-8-20(28)26(25-17)10-9-24-19(27)12-29-18-7-5-15(22)11-16(18)23/h1-8,11H,9-10,12H2,(H,24,27). The molecule has 0 saturated carbocycles. The van der Waals surface area contributed by atoms with Crippen molar-refractivity contribution in [1.29, 1.82) is 0 Å². The molecule has 0 aliphatic rings. The van der Waals surface area contributed by atoms with Crippen LogP contribution in [0.25, 0.3) is 11.3 Å². The van der Waals surface area contributed by atoms with E-state index < -0.39 is 24.1 Å². The number of hydrogen-bond donors (Lipinski definition) is 1. The summed E-state index contributed by atoms with van der Waals surface area (Å²) in [6, 6.07) is 12.8. The molecule has 9 heteroatoms. The molecule has 0 fully saturated rings. The highest BCUT2D eigenvalue weighted by atomic mass is 35.5. The Morgan fingerprint density at radius 2 is 1.86 bits per heavy atom. The summed E-state index contributed by atoms with van der Waals surface area (Å²) >= 11 is 5.87. The Morgan fingerprint density at radius 3 is 2.59 bits per heavy atom. The molecule has 150 valence electrons. The molecule has 1 aromatic heterocycles. The Kier molecular flexibility index (Phi) is 6.56. The van der Waals surface area contributed by atoms with Crippen LogP contribution in [0.2, 0.25) is 5.02 Å². The number of carbonyl (C=O) groups is 1. The lowest BCUT2D eigenvalue weighted by atomic mass is 10.1. The van der Waals surface area contributed by atoms with Gasteiger partial charge in [0.2, 0.25) is 0 Å². The number of carbonyl (C=O) groups excluding carboxylic acids is 1. The summed E-state index contributed by atoms with van der Waals surface area (Å²) in [5.74, 6) is -2.38. The van der Waals surface area contributed by atoms with Crippen LogP contribution in [-0.2, 0) is 11.3 Å². The van der Waals surface area contributed by atoms with E-state index in [2.05, 4.69) is 10.4 Å². The molecule has 1 heterocycles. The molecule has 3 aromatic rings. The van der Waals surface area contributed by atoms with E-state index in [0.717, 1.165) is 17.7 Å². The average Bonchev–Trinajstić information content (AvgIpc) is 2.69. The van der Waals surface area contributed by atoms with Gasteiger partial charge in [0, 0.05) is 29.3 Å². The van der Waals surface area contributed by atoms with E-state index in [1.165, 1.54) is 10.7 Å². The molecule has 0 atom stereocenters. The maximum absolute atomic E-state index is 13.5. The second-order valence-electron chi connectivity index (χ2n) is 6.00. The lowest BCUT2D eigenvalue weighted by molar-refractivity contribution is -0.123. The zero-order chi connectivity index (χ0) is 20.8. The molecule has 0 aliphatic carbocycles. The van der Waals surface area contributed by atoms with Gasteiger partial charge in [-0.3, -0.25) is 9.59 Å². The number of amides is 1. The Morgan fingerprint density at radius 1 is 1.10 bits per heavy atom. The first-order valence-electron chi connectivity index (χ1n) is 8.61. The molecule has 0 bridgehead atoms. The van der Waals surface area contributed by atoms with Gasteiger partial charge < -0.3 is 10.1 Å². The van der Waals surface area contributed by atoms with Gasteiger partial charge in [0.1, 0.15) is 5.82 Å². The lowest BCUT2D eigenvalue weighted by Gasteiger charge is -2.10. The third kappa shape index (κ3) is 5.61. The number of nitrogens with one attached hydrogen (secondary N) is 1. The van der Waals surface area contributed by atoms with Gasteiger partial charge in [-0.05, 0) is 30.3 Å². The third-order valence-corrected chi connectivity index (χ3v) is 4.16. The van der Waals surface area contributed by atoms with Crippen LogP contribution >= 0.6 is 11.6 Å². The summed E-state index contributed by atoms with van der Waals surface area (Å²) in [5.41, 5.74) is 1.06. The number of benzene rings is 2. The largest absolute Gasteiger partial charge is 0.481 e.